The summed E-state index contributed by atoms with van der Waals surface area (Å²) in [4.78, 5) is 25.1. The van der Waals surface area contributed by atoms with Crippen LogP contribution in [0.5, 0.6) is 0 Å². The molecule has 0 spiro atoms. The van der Waals surface area contributed by atoms with Crippen LogP contribution in [-0.2, 0) is 4.79 Å². The van der Waals surface area contributed by atoms with Gasteiger partial charge < -0.3 is 10.6 Å². The van der Waals surface area contributed by atoms with E-state index in [1.54, 1.807) is 24.3 Å². The highest BCUT2D eigenvalue weighted by Gasteiger charge is 2.26. The summed E-state index contributed by atoms with van der Waals surface area (Å²) in [5, 5.41) is 5.69. The molecule has 2 aromatic carbocycles. The molecule has 2 amide bonds. The monoisotopic (exact) mass is 356 g/mol. The van der Waals surface area contributed by atoms with Crippen LogP contribution in [0.3, 0.4) is 0 Å². The first-order valence-corrected chi connectivity index (χ1v) is 8.71. The van der Waals surface area contributed by atoms with Gasteiger partial charge in [-0.25, -0.2) is 4.39 Å². The van der Waals surface area contributed by atoms with E-state index >= 15 is 0 Å². The van der Waals surface area contributed by atoms with Gasteiger partial charge in [-0.15, -0.1) is 0 Å². The number of hydrogen-bond acceptors (Lipinski definition) is 2. The first kappa shape index (κ1) is 19.6. The molecule has 0 fully saturated rings. The summed E-state index contributed by atoms with van der Waals surface area (Å²) >= 11 is 0. The highest BCUT2D eigenvalue weighted by atomic mass is 19.1. The van der Waals surface area contributed by atoms with Crippen molar-refractivity contribution < 1.29 is 14.0 Å². The predicted molar refractivity (Wildman–Crippen MR) is 100 cm³/mol. The van der Waals surface area contributed by atoms with E-state index in [1.165, 1.54) is 12.1 Å². The normalized spacial score (nSPS) is 13.2. The second-order valence-electron chi connectivity index (χ2n) is 6.84. The Balaban J connectivity index is 2.05. The summed E-state index contributed by atoms with van der Waals surface area (Å²) in [5.74, 6) is -0.951. The number of halogens is 1. The molecule has 0 aliphatic rings. The third-order valence-electron chi connectivity index (χ3n) is 4.28. The highest BCUT2D eigenvalue weighted by molar-refractivity contribution is 5.97. The fraction of sp³-hybridized carbons (Fsp3) is 0.333. The predicted octanol–water partition coefficient (Wildman–Crippen LogP) is 3.77. The van der Waals surface area contributed by atoms with E-state index in [1.807, 2.05) is 39.8 Å². The van der Waals surface area contributed by atoms with E-state index in [9.17, 15) is 14.0 Å². The SMILES string of the molecule is Cc1ccc(C(=O)NC(C(=O)NC(C)c2ccc(F)cc2)C(C)C)cc1. The van der Waals surface area contributed by atoms with Crippen LogP contribution in [0.4, 0.5) is 4.39 Å². The molecule has 5 heteroatoms. The zero-order valence-electron chi connectivity index (χ0n) is 15.5. The van der Waals surface area contributed by atoms with Crippen molar-refractivity contribution in [3.8, 4) is 0 Å². The van der Waals surface area contributed by atoms with Gasteiger partial charge in [-0.3, -0.25) is 9.59 Å². The van der Waals surface area contributed by atoms with Crippen molar-refractivity contribution in [3.63, 3.8) is 0 Å². The number of hydrogen-bond donors (Lipinski definition) is 2. The Morgan fingerprint density at radius 1 is 0.885 bits per heavy atom. The molecule has 0 saturated carbocycles. The Labute approximate surface area is 153 Å². The number of amides is 2. The van der Waals surface area contributed by atoms with Crippen molar-refractivity contribution in [2.45, 2.75) is 39.8 Å². The van der Waals surface area contributed by atoms with Crippen LogP contribution in [0, 0.1) is 18.7 Å². The lowest BCUT2D eigenvalue weighted by Gasteiger charge is -2.24. The van der Waals surface area contributed by atoms with Crippen molar-refractivity contribution in [2.75, 3.05) is 0 Å². The average Bonchev–Trinajstić information content (AvgIpc) is 2.60. The number of benzene rings is 2. The molecule has 2 atom stereocenters. The van der Waals surface area contributed by atoms with Crippen LogP contribution in [0.2, 0.25) is 0 Å². The molecule has 2 N–H and O–H groups in total. The maximum atomic E-state index is 13.0. The van der Waals surface area contributed by atoms with Crippen molar-refractivity contribution in [1.82, 2.24) is 10.6 Å². The van der Waals surface area contributed by atoms with E-state index in [4.69, 9.17) is 0 Å². The first-order chi connectivity index (χ1) is 12.3. The van der Waals surface area contributed by atoms with Crippen LogP contribution >= 0.6 is 0 Å². The first-order valence-electron chi connectivity index (χ1n) is 8.71. The fourth-order valence-electron chi connectivity index (χ4n) is 2.60. The maximum absolute atomic E-state index is 13.0. The van der Waals surface area contributed by atoms with Crippen LogP contribution in [0.25, 0.3) is 0 Å². The molecular weight excluding hydrogens is 331 g/mol. The highest BCUT2D eigenvalue weighted by Crippen LogP contribution is 2.14. The standard InChI is InChI=1S/C21H25FN2O2/c1-13(2)19(24-20(25)17-7-5-14(3)6-8-17)21(26)23-15(4)16-9-11-18(22)12-10-16/h5-13,15,19H,1-4H3,(H,23,26)(H,24,25). The largest absolute Gasteiger partial charge is 0.348 e. The lowest BCUT2D eigenvalue weighted by molar-refractivity contribution is -0.124. The second-order valence-corrected chi connectivity index (χ2v) is 6.84. The number of rotatable bonds is 6. The number of nitrogens with one attached hydrogen (secondary N) is 2. The molecular formula is C21H25FN2O2. The van der Waals surface area contributed by atoms with Gasteiger partial charge in [0.25, 0.3) is 5.91 Å². The molecule has 0 saturated heterocycles. The van der Waals surface area contributed by atoms with E-state index in [0.717, 1.165) is 11.1 Å². The zero-order valence-corrected chi connectivity index (χ0v) is 15.5. The van der Waals surface area contributed by atoms with Crippen molar-refractivity contribution in [1.29, 1.82) is 0 Å². The smallest absolute Gasteiger partial charge is 0.251 e. The quantitative estimate of drug-likeness (QED) is 0.828. The van der Waals surface area contributed by atoms with E-state index in [-0.39, 0.29) is 29.6 Å². The number of carbonyl (C=O) groups is 2. The van der Waals surface area contributed by atoms with Gasteiger partial charge >= 0.3 is 0 Å². The van der Waals surface area contributed by atoms with Crippen molar-refractivity contribution in [2.24, 2.45) is 5.92 Å². The second kappa shape index (κ2) is 8.61. The molecule has 0 heterocycles. The molecule has 0 bridgehead atoms. The Kier molecular flexibility index (Phi) is 6.50. The topological polar surface area (TPSA) is 58.2 Å². The summed E-state index contributed by atoms with van der Waals surface area (Å²) in [6, 6.07) is 12.2. The molecule has 138 valence electrons. The lowest BCUT2D eigenvalue weighted by atomic mass is 10.0. The van der Waals surface area contributed by atoms with E-state index in [0.29, 0.717) is 5.56 Å². The van der Waals surface area contributed by atoms with Crippen LogP contribution in [0.15, 0.2) is 48.5 Å². The lowest BCUT2D eigenvalue weighted by Crippen LogP contribution is -2.50. The third kappa shape index (κ3) is 5.15. The van der Waals surface area contributed by atoms with Crippen LogP contribution in [-0.4, -0.2) is 17.9 Å². The zero-order chi connectivity index (χ0) is 19.3. The summed E-state index contributed by atoms with van der Waals surface area (Å²) in [6.45, 7) is 7.53. The van der Waals surface area contributed by atoms with E-state index < -0.39 is 6.04 Å². The Morgan fingerprint density at radius 2 is 1.46 bits per heavy atom. The third-order valence-corrected chi connectivity index (χ3v) is 4.28. The molecule has 0 aliphatic carbocycles. The summed E-state index contributed by atoms with van der Waals surface area (Å²) in [7, 11) is 0. The van der Waals surface area contributed by atoms with Gasteiger partial charge in [-0.2, -0.15) is 0 Å². The van der Waals surface area contributed by atoms with Gasteiger partial charge in [0.1, 0.15) is 11.9 Å². The van der Waals surface area contributed by atoms with Gasteiger partial charge in [0.05, 0.1) is 6.04 Å². The summed E-state index contributed by atoms with van der Waals surface area (Å²) < 4.78 is 13.0. The molecule has 2 rings (SSSR count). The van der Waals surface area contributed by atoms with Crippen LogP contribution < -0.4 is 10.6 Å². The van der Waals surface area contributed by atoms with Gasteiger partial charge in [0, 0.05) is 5.56 Å². The Bertz CT molecular complexity index is 755. The van der Waals surface area contributed by atoms with Gasteiger partial charge in [-0.1, -0.05) is 43.7 Å². The minimum absolute atomic E-state index is 0.0789. The maximum Gasteiger partial charge on any atom is 0.251 e. The van der Waals surface area contributed by atoms with Gasteiger partial charge in [-0.05, 0) is 49.6 Å². The van der Waals surface area contributed by atoms with Crippen molar-refractivity contribution >= 4 is 11.8 Å². The summed E-state index contributed by atoms with van der Waals surface area (Å²) in [5.41, 5.74) is 2.38. The molecule has 0 aliphatic heterocycles. The molecule has 4 nitrogen and oxygen atoms in total. The van der Waals surface area contributed by atoms with E-state index in [2.05, 4.69) is 10.6 Å². The minimum atomic E-state index is -0.660. The molecule has 0 radical (unpaired) electrons. The Hall–Kier alpha value is -2.69. The minimum Gasteiger partial charge on any atom is -0.348 e. The van der Waals surface area contributed by atoms with Gasteiger partial charge in [0.2, 0.25) is 5.91 Å². The average molecular weight is 356 g/mol. The number of carbonyl (C=O) groups excluding carboxylic acids is 2. The molecule has 26 heavy (non-hydrogen) atoms. The number of aryl methyl sites for hydroxylation is 1. The molecule has 2 unspecified atom stereocenters. The van der Waals surface area contributed by atoms with Crippen molar-refractivity contribution in [3.05, 3.63) is 71.0 Å². The Morgan fingerprint density at radius 3 is 2.00 bits per heavy atom. The van der Waals surface area contributed by atoms with Gasteiger partial charge in [0.15, 0.2) is 0 Å². The molecule has 0 aromatic heterocycles. The fourth-order valence-corrected chi connectivity index (χ4v) is 2.60. The van der Waals surface area contributed by atoms with Crippen LogP contribution in [0.1, 0.15) is 48.3 Å². The summed E-state index contributed by atoms with van der Waals surface area (Å²) in [6.07, 6.45) is 0. The molecule has 2 aromatic rings.